The number of carbonyl (C=O) groups is 1. The second kappa shape index (κ2) is 7.14. The molecule has 0 bridgehead atoms. The smallest absolute Gasteiger partial charge is 0.191 e. The summed E-state index contributed by atoms with van der Waals surface area (Å²) in [5.41, 5.74) is 0.720. The number of aromatic nitrogens is 5. The highest BCUT2D eigenvalue weighted by molar-refractivity contribution is 7.99. The molecule has 1 aliphatic rings. The lowest BCUT2D eigenvalue weighted by molar-refractivity contribution is -0.301. The zero-order valence-corrected chi connectivity index (χ0v) is 13.7. The first kappa shape index (κ1) is 16.0. The van der Waals surface area contributed by atoms with Crippen LogP contribution >= 0.6 is 11.8 Å². The number of carbonyl (C=O) groups excluding carboxylic acids is 1. The predicted molar refractivity (Wildman–Crippen MR) is 81.6 cm³/mol. The van der Waals surface area contributed by atoms with E-state index in [1.54, 1.807) is 0 Å². The summed E-state index contributed by atoms with van der Waals surface area (Å²) in [7, 11) is 0. The van der Waals surface area contributed by atoms with E-state index in [0.717, 1.165) is 43.4 Å². The highest BCUT2D eigenvalue weighted by Gasteiger charge is 2.22. The van der Waals surface area contributed by atoms with Crippen molar-refractivity contribution in [3.63, 3.8) is 0 Å². The first-order valence-corrected chi connectivity index (χ1v) is 8.57. The van der Waals surface area contributed by atoms with E-state index in [2.05, 4.69) is 15.3 Å². The fraction of sp³-hybridized carbons (Fsp3) is 0.571. The van der Waals surface area contributed by atoms with E-state index in [9.17, 15) is 9.90 Å². The third-order valence-electron chi connectivity index (χ3n) is 3.64. The van der Waals surface area contributed by atoms with Gasteiger partial charge in [0.15, 0.2) is 11.0 Å². The van der Waals surface area contributed by atoms with Gasteiger partial charge >= 0.3 is 0 Å². The third kappa shape index (κ3) is 3.73. The molecule has 0 spiro atoms. The van der Waals surface area contributed by atoms with Crippen molar-refractivity contribution in [2.75, 3.05) is 12.4 Å². The molecule has 1 aliphatic heterocycles. The van der Waals surface area contributed by atoms with E-state index in [-0.39, 0.29) is 11.9 Å². The standard InChI is InChI=1S/C14H19N5O3S/c1-2-18-6-5-11(17-18)13-15-16-14(23-9-12(20)21)19(13)8-10-4-3-7-22-10/h5-6,10H,2-4,7-9H2,1H3,(H,20,21)/p-1/t10-/m1/s1. The number of ether oxygens (including phenoxy) is 1. The average molecular weight is 336 g/mol. The maximum Gasteiger partial charge on any atom is 0.191 e. The first-order chi connectivity index (χ1) is 11.2. The minimum atomic E-state index is -1.13. The number of rotatable bonds is 7. The minimum absolute atomic E-state index is 0.0975. The Morgan fingerprint density at radius 1 is 1.52 bits per heavy atom. The Hall–Kier alpha value is -1.87. The SMILES string of the molecule is CCn1ccc(-c2nnc(SCC(=O)[O-])n2C[C@H]2CCCO2)n1. The Kier molecular flexibility index (Phi) is 4.97. The van der Waals surface area contributed by atoms with E-state index < -0.39 is 5.97 Å². The molecule has 0 aromatic carbocycles. The van der Waals surface area contributed by atoms with Gasteiger partial charge in [0, 0.05) is 25.1 Å². The number of hydrogen-bond acceptors (Lipinski definition) is 7. The molecule has 1 saturated heterocycles. The maximum atomic E-state index is 10.7. The molecule has 1 fully saturated rings. The van der Waals surface area contributed by atoms with Crippen molar-refractivity contribution in [3.05, 3.63) is 12.3 Å². The normalized spacial score (nSPS) is 17.7. The topological polar surface area (TPSA) is 97.9 Å². The van der Waals surface area contributed by atoms with Crippen molar-refractivity contribution in [1.82, 2.24) is 24.5 Å². The van der Waals surface area contributed by atoms with Crippen LogP contribution in [-0.4, -0.2) is 49.0 Å². The molecule has 0 unspecified atom stereocenters. The molecule has 124 valence electrons. The fourth-order valence-electron chi connectivity index (χ4n) is 2.52. The molecule has 0 aliphatic carbocycles. The molecule has 0 radical (unpaired) electrons. The molecule has 23 heavy (non-hydrogen) atoms. The second-order valence-corrected chi connectivity index (χ2v) is 6.21. The van der Waals surface area contributed by atoms with Gasteiger partial charge in [0.05, 0.1) is 18.6 Å². The molecule has 1 atom stereocenters. The van der Waals surface area contributed by atoms with Crippen LogP contribution in [0.4, 0.5) is 0 Å². The Morgan fingerprint density at radius 3 is 3.04 bits per heavy atom. The lowest BCUT2D eigenvalue weighted by atomic mass is 10.2. The molecule has 3 rings (SSSR count). The number of hydrogen-bond donors (Lipinski definition) is 0. The maximum absolute atomic E-state index is 10.7. The van der Waals surface area contributed by atoms with E-state index in [1.165, 1.54) is 0 Å². The van der Waals surface area contributed by atoms with Crippen LogP contribution in [0.3, 0.4) is 0 Å². The summed E-state index contributed by atoms with van der Waals surface area (Å²) < 4.78 is 9.39. The number of nitrogens with zero attached hydrogens (tertiary/aromatic N) is 5. The van der Waals surface area contributed by atoms with E-state index >= 15 is 0 Å². The highest BCUT2D eigenvalue weighted by Crippen LogP contribution is 2.25. The summed E-state index contributed by atoms with van der Waals surface area (Å²) in [6, 6.07) is 1.88. The Balaban J connectivity index is 1.88. The fourth-order valence-corrected chi connectivity index (χ4v) is 3.18. The molecule has 0 N–H and O–H groups in total. The van der Waals surface area contributed by atoms with E-state index in [1.807, 2.05) is 28.4 Å². The van der Waals surface area contributed by atoms with Crippen molar-refractivity contribution in [1.29, 1.82) is 0 Å². The van der Waals surface area contributed by atoms with Crippen LogP contribution in [0.15, 0.2) is 17.4 Å². The van der Waals surface area contributed by atoms with Crippen LogP contribution in [0.25, 0.3) is 11.5 Å². The summed E-state index contributed by atoms with van der Waals surface area (Å²) in [5.74, 6) is -0.653. The third-order valence-corrected chi connectivity index (χ3v) is 4.58. The summed E-state index contributed by atoms with van der Waals surface area (Å²) in [4.78, 5) is 10.7. The Labute approximate surface area is 137 Å². The second-order valence-electron chi connectivity index (χ2n) is 5.27. The van der Waals surface area contributed by atoms with Gasteiger partial charge in [0.2, 0.25) is 0 Å². The van der Waals surface area contributed by atoms with Gasteiger partial charge < -0.3 is 14.6 Å². The van der Waals surface area contributed by atoms with Gasteiger partial charge in [0.25, 0.3) is 0 Å². The van der Waals surface area contributed by atoms with Crippen LogP contribution in [0.2, 0.25) is 0 Å². The predicted octanol–water partition coefficient (Wildman–Crippen LogP) is 0.182. The van der Waals surface area contributed by atoms with Gasteiger partial charge in [-0.05, 0) is 25.8 Å². The number of carboxylic acids is 1. The molecule has 2 aromatic rings. The molecule has 0 saturated carbocycles. The van der Waals surface area contributed by atoms with Crippen LogP contribution < -0.4 is 5.11 Å². The van der Waals surface area contributed by atoms with Crippen molar-refractivity contribution < 1.29 is 14.6 Å². The minimum Gasteiger partial charge on any atom is -0.549 e. The number of aryl methyl sites for hydroxylation is 1. The zero-order chi connectivity index (χ0) is 16.2. The van der Waals surface area contributed by atoms with Crippen molar-refractivity contribution >= 4 is 17.7 Å². The summed E-state index contributed by atoms with van der Waals surface area (Å²) >= 11 is 1.10. The van der Waals surface area contributed by atoms with Gasteiger partial charge in [-0.15, -0.1) is 10.2 Å². The van der Waals surface area contributed by atoms with Crippen molar-refractivity contribution in [3.8, 4) is 11.5 Å². The average Bonchev–Trinajstić information content (AvgIpc) is 3.26. The van der Waals surface area contributed by atoms with Crippen LogP contribution in [0.5, 0.6) is 0 Å². The first-order valence-electron chi connectivity index (χ1n) is 7.58. The summed E-state index contributed by atoms with van der Waals surface area (Å²) in [6.07, 6.45) is 3.99. The molecular formula is C14H18N5O3S-. The van der Waals surface area contributed by atoms with Crippen molar-refractivity contribution in [2.45, 2.75) is 44.1 Å². The number of thioether (sulfide) groups is 1. The van der Waals surface area contributed by atoms with Gasteiger partial charge in [0.1, 0.15) is 5.69 Å². The Morgan fingerprint density at radius 2 is 2.39 bits per heavy atom. The summed E-state index contributed by atoms with van der Waals surface area (Å²) in [6.45, 7) is 4.13. The van der Waals surface area contributed by atoms with Gasteiger partial charge in [-0.2, -0.15) is 5.10 Å². The lowest BCUT2D eigenvalue weighted by Gasteiger charge is -2.14. The van der Waals surface area contributed by atoms with Gasteiger partial charge in [-0.25, -0.2) is 0 Å². The van der Waals surface area contributed by atoms with Gasteiger partial charge in [-0.1, -0.05) is 11.8 Å². The quantitative estimate of drug-likeness (QED) is 0.665. The molecule has 8 nitrogen and oxygen atoms in total. The van der Waals surface area contributed by atoms with Crippen LogP contribution in [-0.2, 0) is 22.6 Å². The van der Waals surface area contributed by atoms with Crippen molar-refractivity contribution in [2.24, 2.45) is 0 Å². The van der Waals surface area contributed by atoms with E-state index in [0.29, 0.717) is 17.5 Å². The number of aliphatic carboxylic acids is 1. The number of carboxylic acid groups (broad SMARTS) is 1. The summed E-state index contributed by atoms with van der Waals surface area (Å²) in [5, 5.41) is 24.0. The zero-order valence-electron chi connectivity index (χ0n) is 12.8. The van der Waals surface area contributed by atoms with Crippen LogP contribution in [0.1, 0.15) is 19.8 Å². The highest BCUT2D eigenvalue weighted by atomic mass is 32.2. The molecular weight excluding hydrogens is 318 g/mol. The monoisotopic (exact) mass is 336 g/mol. The molecule has 0 amide bonds. The van der Waals surface area contributed by atoms with Crippen LogP contribution in [0, 0.1) is 0 Å². The lowest BCUT2D eigenvalue weighted by Crippen LogP contribution is -2.24. The molecule has 9 heteroatoms. The Bertz CT molecular complexity index is 678. The van der Waals surface area contributed by atoms with E-state index in [4.69, 9.17) is 4.74 Å². The van der Waals surface area contributed by atoms with Gasteiger partial charge in [-0.3, -0.25) is 9.25 Å². The largest absolute Gasteiger partial charge is 0.549 e. The molecule has 3 heterocycles. The molecule has 2 aromatic heterocycles.